The lowest BCUT2D eigenvalue weighted by Gasteiger charge is -2.35. The molecule has 27 heavy (non-hydrogen) atoms. The molecule has 7 heteroatoms. The molecule has 2 aliphatic heterocycles. The topological polar surface area (TPSA) is 87.9 Å². The van der Waals surface area contributed by atoms with Crippen LogP contribution in [0.3, 0.4) is 0 Å². The molecule has 1 unspecified atom stereocenters. The van der Waals surface area contributed by atoms with E-state index < -0.39 is 6.10 Å². The second kappa shape index (κ2) is 8.82. The summed E-state index contributed by atoms with van der Waals surface area (Å²) >= 11 is 0. The van der Waals surface area contributed by atoms with Gasteiger partial charge in [0.2, 0.25) is 0 Å². The first-order chi connectivity index (χ1) is 13.0. The summed E-state index contributed by atoms with van der Waals surface area (Å²) in [6.45, 7) is 2.43. The molecule has 1 aromatic carbocycles. The molecule has 0 bridgehead atoms. The van der Waals surface area contributed by atoms with Gasteiger partial charge in [-0.1, -0.05) is 0 Å². The van der Waals surface area contributed by atoms with Crippen molar-refractivity contribution in [2.45, 2.75) is 43.9 Å². The number of likely N-dealkylation sites (N-methyl/N-ethyl adjacent to an activating group) is 2. The highest BCUT2D eigenvalue weighted by atomic mass is 16.5. The SMILES string of the molecule is CN1CCCC(N(C)C(=O)c2ccc(NC(=O)[C@@H]3CC[C@H](CN)O3)cc2)C1. The Morgan fingerprint density at radius 2 is 2.00 bits per heavy atom. The number of nitrogens with zero attached hydrogens (tertiary/aromatic N) is 2. The summed E-state index contributed by atoms with van der Waals surface area (Å²) in [5.41, 5.74) is 6.88. The molecule has 148 valence electrons. The van der Waals surface area contributed by atoms with Crippen molar-refractivity contribution in [3.8, 4) is 0 Å². The van der Waals surface area contributed by atoms with Crippen molar-refractivity contribution in [2.75, 3.05) is 39.0 Å². The molecule has 2 fully saturated rings. The Morgan fingerprint density at radius 1 is 1.26 bits per heavy atom. The van der Waals surface area contributed by atoms with Gasteiger partial charge in [-0.3, -0.25) is 9.59 Å². The Kier molecular flexibility index (Phi) is 6.46. The van der Waals surface area contributed by atoms with Gasteiger partial charge in [-0.05, 0) is 63.5 Å². The number of hydrogen-bond donors (Lipinski definition) is 2. The second-order valence-corrected chi connectivity index (χ2v) is 7.60. The molecule has 3 N–H and O–H groups in total. The van der Waals surface area contributed by atoms with E-state index in [1.165, 1.54) is 0 Å². The monoisotopic (exact) mass is 374 g/mol. The van der Waals surface area contributed by atoms with Crippen LogP contribution in [0.4, 0.5) is 5.69 Å². The third kappa shape index (κ3) is 4.86. The third-order valence-electron chi connectivity index (χ3n) is 5.53. The van der Waals surface area contributed by atoms with E-state index in [2.05, 4.69) is 17.3 Å². The molecular formula is C20H30N4O3. The van der Waals surface area contributed by atoms with Crippen LogP contribution in [0.25, 0.3) is 0 Å². The van der Waals surface area contributed by atoms with E-state index in [9.17, 15) is 9.59 Å². The predicted molar refractivity (Wildman–Crippen MR) is 105 cm³/mol. The number of amides is 2. The highest BCUT2D eigenvalue weighted by Gasteiger charge is 2.30. The number of carbonyl (C=O) groups excluding carboxylic acids is 2. The summed E-state index contributed by atoms with van der Waals surface area (Å²) in [5, 5.41) is 2.86. The van der Waals surface area contributed by atoms with Gasteiger partial charge in [-0.15, -0.1) is 0 Å². The van der Waals surface area contributed by atoms with Crippen molar-refractivity contribution in [3.63, 3.8) is 0 Å². The number of rotatable bonds is 5. The number of piperidine rings is 1. The molecule has 0 aromatic heterocycles. The van der Waals surface area contributed by atoms with Crippen molar-refractivity contribution in [1.82, 2.24) is 9.80 Å². The molecule has 0 saturated carbocycles. The molecule has 2 saturated heterocycles. The van der Waals surface area contributed by atoms with Crippen LogP contribution in [0.1, 0.15) is 36.0 Å². The molecule has 0 spiro atoms. The maximum absolute atomic E-state index is 12.8. The Hall–Kier alpha value is -1.96. The average molecular weight is 374 g/mol. The average Bonchev–Trinajstić information content (AvgIpc) is 3.17. The minimum atomic E-state index is -0.450. The van der Waals surface area contributed by atoms with Gasteiger partial charge < -0.3 is 25.6 Å². The van der Waals surface area contributed by atoms with Gasteiger partial charge in [0.25, 0.3) is 11.8 Å². The number of nitrogens with two attached hydrogens (primary N) is 1. The van der Waals surface area contributed by atoms with Gasteiger partial charge in [-0.2, -0.15) is 0 Å². The first-order valence-electron chi connectivity index (χ1n) is 9.70. The number of benzene rings is 1. The van der Waals surface area contributed by atoms with E-state index in [0.717, 1.165) is 32.4 Å². The minimum absolute atomic E-state index is 0.0121. The molecule has 0 radical (unpaired) electrons. The van der Waals surface area contributed by atoms with Crippen molar-refractivity contribution in [1.29, 1.82) is 0 Å². The molecule has 1 aromatic rings. The molecule has 3 rings (SSSR count). The zero-order valence-electron chi connectivity index (χ0n) is 16.2. The van der Waals surface area contributed by atoms with Gasteiger partial charge in [0.05, 0.1) is 6.10 Å². The smallest absolute Gasteiger partial charge is 0.253 e. The van der Waals surface area contributed by atoms with Crippen molar-refractivity contribution < 1.29 is 14.3 Å². The standard InChI is InChI=1S/C20H30N4O3/c1-23-11-3-4-16(13-23)24(2)20(26)14-5-7-15(8-6-14)22-19(25)18-10-9-17(12-21)27-18/h5-8,16-18H,3-4,9-13,21H2,1-2H3,(H,22,25)/t16?,17-,18+/m1/s1. The maximum Gasteiger partial charge on any atom is 0.253 e. The number of carbonyl (C=O) groups is 2. The molecule has 2 amide bonds. The number of hydrogen-bond acceptors (Lipinski definition) is 5. The van der Waals surface area contributed by atoms with Crippen LogP contribution >= 0.6 is 0 Å². The van der Waals surface area contributed by atoms with Gasteiger partial charge >= 0.3 is 0 Å². The number of ether oxygens (including phenoxy) is 1. The van der Waals surface area contributed by atoms with Crippen molar-refractivity contribution >= 4 is 17.5 Å². The highest BCUT2D eigenvalue weighted by Crippen LogP contribution is 2.21. The summed E-state index contributed by atoms with van der Waals surface area (Å²) in [4.78, 5) is 29.1. The molecular weight excluding hydrogens is 344 g/mol. The number of likely N-dealkylation sites (tertiary alicyclic amines) is 1. The van der Waals surface area contributed by atoms with Crippen molar-refractivity contribution in [3.05, 3.63) is 29.8 Å². The molecule has 3 atom stereocenters. The van der Waals surface area contributed by atoms with E-state index in [0.29, 0.717) is 24.2 Å². The second-order valence-electron chi connectivity index (χ2n) is 7.60. The van der Waals surface area contributed by atoms with Crippen LogP contribution in [0.2, 0.25) is 0 Å². The molecule has 0 aliphatic carbocycles. The quantitative estimate of drug-likeness (QED) is 0.811. The first-order valence-corrected chi connectivity index (χ1v) is 9.70. The van der Waals surface area contributed by atoms with Crippen LogP contribution in [-0.2, 0) is 9.53 Å². The summed E-state index contributed by atoms with van der Waals surface area (Å²) in [5.74, 6) is -0.148. The van der Waals surface area contributed by atoms with Gasteiger partial charge in [0.15, 0.2) is 0 Å². The fourth-order valence-electron chi connectivity index (χ4n) is 3.82. The van der Waals surface area contributed by atoms with Crippen LogP contribution in [0.5, 0.6) is 0 Å². The summed E-state index contributed by atoms with van der Waals surface area (Å²) in [6.07, 6.45) is 3.16. The zero-order chi connectivity index (χ0) is 19.4. The minimum Gasteiger partial charge on any atom is -0.364 e. The van der Waals surface area contributed by atoms with Crippen LogP contribution in [0, 0.1) is 0 Å². The van der Waals surface area contributed by atoms with E-state index in [-0.39, 0.29) is 24.0 Å². The normalized spacial score (nSPS) is 26.0. The summed E-state index contributed by atoms with van der Waals surface area (Å²) in [6, 6.07) is 7.30. The number of anilines is 1. The lowest BCUT2D eigenvalue weighted by Crippen LogP contribution is -2.47. The zero-order valence-corrected chi connectivity index (χ0v) is 16.2. The molecule has 2 aliphatic rings. The van der Waals surface area contributed by atoms with Gasteiger partial charge in [-0.25, -0.2) is 0 Å². The Bertz CT molecular complexity index is 664. The Morgan fingerprint density at radius 3 is 2.63 bits per heavy atom. The summed E-state index contributed by atoms with van der Waals surface area (Å²) in [7, 11) is 3.96. The fraction of sp³-hybridized carbons (Fsp3) is 0.600. The highest BCUT2D eigenvalue weighted by molar-refractivity contribution is 5.97. The predicted octanol–water partition coefficient (Wildman–Crippen LogP) is 1.30. The van der Waals surface area contributed by atoms with Crippen LogP contribution in [-0.4, -0.2) is 73.6 Å². The Balaban J connectivity index is 1.56. The van der Waals surface area contributed by atoms with E-state index in [1.807, 2.05) is 11.9 Å². The largest absolute Gasteiger partial charge is 0.364 e. The van der Waals surface area contributed by atoms with Crippen LogP contribution in [0.15, 0.2) is 24.3 Å². The third-order valence-corrected chi connectivity index (χ3v) is 5.53. The van der Waals surface area contributed by atoms with E-state index >= 15 is 0 Å². The maximum atomic E-state index is 12.8. The van der Waals surface area contributed by atoms with Crippen LogP contribution < -0.4 is 11.1 Å². The van der Waals surface area contributed by atoms with Crippen molar-refractivity contribution in [2.24, 2.45) is 5.73 Å². The van der Waals surface area contributed by atoms with Gasteiger partial charge in [0.1, 0.15) is 6.10 Å². The Labute approximate surface area is 160 Å². The fourth-order valence-corrected chi connectivity index (χ4v) is 3.82. The molecule has 2 heterocycles. The van der Waals surface area contributed by atoms with Gasteiger partial charge in [0, 0.05) is 37.4 Å². The molecule has 7 nitrogen and oxygen atoms in total. The lowest BCUT2D eigenvalue weighted by atomic mass is 10.0. The summed E-state index contributed by atoms with van der Waals surface area (Å²) < 4.78 is 5.61. The van der Waals surface area contributed by atoms with E-state index in [4.69, 9.17) is 10.5 Å². The van der Waals surface area contributed by atoms with E-state index in [1.54, 1.807) is 24.3 Å². The lowest BCUT2D eigenvalue weighted by molar-refractivity contribution is -0.126. The first kappa shape index (κ1) is 19.8. The number of nitrogens with one attached hydrogen (secondary N) is 1.